The monoisotopic (exact) mass is 307 g/mol. The van der Waals surface area contributed by atoms with Crippen molar-refractivity contribution in [1.29, 1.82) is 0 Å². The quantitative estimate of drug-likeness (QED) is 0.606. The van der Waals surface area contributed by atoms with Crippen LogP contribution in [0.15, 0.2) is 18.3 Å². The van der Waals surface area contributed by atoms with Crippen molar-refractivity contribution in [3.63, 3.8) is 0 Å². The number of nitrogens with zero attached hydrogens (tertiary/aromatic N) is 1. The van der Waals surface area contributed by atoms with E-state index in [9.17, 15) is 18.0 Å². The molecule has 0 atom stereocenters. The Morgan fingerprint density at radius 3 is 2.65 bits per heavy atom. The van der Waals surface area contributed by atoms with Crippen molar-refractivity contribution < 1.29 is 22.7 Å². The lowest BCUT2D eigenvalue weighted by Crippen LogP contribution is -2.29. The van der Waals surface area contributed by atoms with Crippen LogP contribution in [0.25, 0.3) is 0 Å². The first-order valence-corrected chi connectivity index (χ1v) is 5.89. The fourth-order valence-electron chi connectivity index (χ4n) is 1.19. The highest BCUT2D eigenvalue weighted by atomic mass is 32.1. The first-order valence-electron chi connectivity index (χ1n) is 5.48. The Balaban J connectivity index is 2.34. The van der Waals surface area contributed by atoms with Crippen molar-refractivity contribution in [2.24, 2.45) is 5.73 Å². The number of hydrogen-bond donors (Lipinski definition) is 2. The van der Waals surface area contributed by atoms with Gasteiger partial charge in [-0.25, -0.2) is 0 Å². The van der Waals surface area contributed by atoms with E-state index in [-0.39, 0.29) is 23.8 Å². The molecule has 0 aromatic carbocycles. The number of rotatable bonds is 6. The first-order chi connectivity index (χ1) is 9.29. The average molecular weight is 307 g/mol. The van der Waals surface area contributed by atoms with E-state index in [1.807, 2.05) is 0 Å². The van der Waals surface area contributed by atoms with E-state index in [0.29, 0.717) is 5.56 Å². The highest BCUT2D eigenvalue weighted by Crippen LogP contribution is 2.13. The van der Waals surface area contributed by atoms with Crippen LogP contribution in [-0.2, 0) is 4.74 Å². The van der Waals surface area contributed by atoms with Crippen LogP contribution < -0.4 is 11.1 Å². The number of halogens is 3. The molecule has 0 aliphatic carbocycles. The van der Waals surface area contributed by atoms with Gasteiger partial charge in [0, 0.05) is 18.3 Å². The Hall–Kier alpha value is -1.74. The number of hydrogen-bond acceptors (Lipinski definition) is 4. The lowest BCUT2D eigenvalue weighted by Gasteiger charge is -2.08. The van der Waals surface area contributed by atoms with Crippen LogP contribution in [0.2, 0.25) is 0 Å². The number of carbonyl (C=O) groups is 1. The molecule has 1 aromatic rings. The van der Waals surface area contributed by atoms with Gasteiger partial charge in [-0.3, -0.25) is 9.78 Å². The molecule has 1 rings (SSSR count). The first kappa shape index (κ1) is 16.3. The molecule has 0 bridgehead atoms. The summed E-state index contributed by atoms with van der Waals surface area (Å²) in [6, 6.07) is 2.95. The summed E-state index contributed by atoms with van der Waals surface area (Å²) in [7, 11) is 0. The van der Waals surface area contributed by atoms with Crippen molar-refractivity contribution in [3.05, 3.63) is 29.6 Å². The number of alkyl halides is 3. The van der Waals surface area contributed by atoms with Crippen molar-refractivity contribution in [3.8, 4) is 0 Å². The van der Waals surface area contributed by atoms with Crippen LogP contribution in [0, 0.1) is 0 Å². The summed E-state index contributed by atoms with van der Waals surface area (Å²) in [6.45, 7) is -1.63. The van der Waals surface area contributed by atoms with Crippen molar-refractivity contribution >= 4 is 23.1 Å². The number of nitrogens with two attached hydrogens (primary N) is 1. The molecule has 9 heteroatoms. The molecule has 0 fully saturated rings. The van der Waals surface area contributed by atoms with Crippen molar-refractivity contribution in [2.45, 2.75) is 6.18 Å². The van der Waals surface area contributed by atoms with E-state index in [1.54, 1.807) is 0 Å². The van der Waals surface area contributed by atoms with E-state index >= 15 is 0 Å². The predicted octanol–water partition coefficient (Wildman–Crippen LogP) is 1.02. The minimum Gasteiger partial charge on any atom is -0.389 e. The smallest absolute Gasteiger partial charge is 0.389 e. The maximum Gasteiger partial charge on any atom is 0.411 e. The maximum absolute atomic E-state index is 11.8. The van der Waals surface area contributed by atoms with E-state index in [2.05, 4.69) is 15.0 Å². The van der Waals surface area contributed by atoms with Crippen LogP contribution in [0.1, 0.15) is 16.1 Å². The minimum atomic E-state index is -4.37. The van der Waals surface area contributed by atoms with Gasteiger partial charge in [0.05, 0.1) is 6.61 Å². The van der Waals surface area contributed by atoms with E-state index in [4.69, 9.17) is 18.0 Å². The average Bonchev–Trinajstić information content (AvgIpc) is 2.37. The fourth-order valence-corrected chi connectivity index (χ4v) is 1.31. The van der Waals surface area contributed by atoms with Crippen LogP contribution >= 0.6 is 12.2 Å². The molecule has 0 unspecified atom stereocenters. The standard InChI is InChI=1S/C11H12F3N3O2S/c12-11(13,14)6-19-4-3-16-10(18)8-2-1-7(5-17-8)9(15)20/h1-2,5H,3-4,6H2,(H2,15,20)(H,16,18). The molecule has 3 N–H and O–H groups in total. The Morgan fingerprint density at radius 1 is 1.45 bits per heavy atom. The Bertz CT molecular complexity index is 477. The van der Waals surface area contributed by atoms with Gasteiger partial charge in [-0.15, -0.1) is 0 Å². The number of nitrogens with one attached hydrogen (secondary N) is 1. The second-order valence-corrected chi connectivity index (χ2v) is 4.16. The van der Waals surface area contributed by atoms with E-state index in [0.717, 1.165) is 0 Å². The van der Waals surface area contributed by atoms with Gasteiger partial charge in [-0.05, 0) is 12.1 Å². The number of thiocarbonyl (C=S) groups is 1. The third-order valence-electron chi connectivity index (χ3n) is 2.08. The fraction of sp³-hybridized carbons (Fsp3) is 0.364. The largest absolute Gasteiger partial charge is 0.411 e. The van der Waals surface area contributed by atoms with Crippen LogP contribution in [-0.4, -0.2) is 41.8 Å². The Labute approximate surface area is 118 Å². The predicted molar refractivity (Wildman–Crippen MR) is 69.3 cm³/mol. The van der Waals surface area contributed by atoms with Gasteiger partial charge in [-0.2, -0.15) is 13.2 Å². The van der Waals surface area contributed by atoms with Gasteiger partial charge in [0.2, 0.25) is 0 Å². The normalized spacial score (nSPS) is 11.2. The molecule has 5 nitrogen and oxygen atoms in total. The zero-order valence-corrected chi connectivity index (χ0v) is 11.1. The molecule has 1 heterocycles. The molecule has 0 spiro atoms. The maximum atomic E-state index is 11.8. The van der Waals surface area contributed by atoms with Gasteiger partial charge >= 0.3 is 6.18 Å². The second kappa shape index (κ2) is 7.15. The molecule has 1 amide bonds. The van der Waals surface area contributed by atoms with E-state index < -0.39 is 18.7 Å². The summed E-state index contributed by atoms with van der Waals surface area (Å²) in [5, 5.41) is 2.38. The number of ether oxygens (including phenoxy) is 1. The molecule has 20 heavy (non-hydrogen) atoms. The highest BCUT2D eigenvalue weighted by Gasteiger charge is 2.27. The van der Waals surface area contributed by atoms with Gasteiger partial charge in [0.15, 0.2) is 0 Å². The van der Waals surface area contributed by atoms with Crippen LogP contribution in [0.3, 0.4) is 0 Å². The van der Waals surface area contributed by atoms with Gasteiger partial charge in [0.25, 0.3) is 5.91 Å². The summed E-state index contributed by atoms with van der Waals surface area (Å²) in [6.07, 6.45) is -3.03. The lowest BCUT2D eigenvalue weighted by atomic mass is 10.2. The summed E-state index contributed by atoms with van der Waals surface area (Å²) < 4.78 is 39.6. The zero-order valence-electron chi connectivity index (χ0n) is 10.2. The summed E-state index contributed by atoms with van der Waals surface area (Å²) >= 11 is 4.73. The Kier molecular flexibility index (Phi) is 5.83. The van der Waals surface area contributed by atoms with E-state index in [1.165, 1.54) is 18.3 Å². The molecule has 0 radical (unpaired) electrons. The molecular formula is C11H12F3N3O2S. The Morgan fingerprint density at radius 2 is 2.15 bits per heavy atom. The summed E-state index contributed by atoms with van der Waals surface area (Å²) in [5.74, 6) is -0.518. The number of pyridine rings is 1. The molecule has 110 valence electrons. The molecule has 0 saturated carbocycles. The van der Waals surface area contributed by atoms with Gasteiger partial charge in [0.1, 0.15) is 17.3 Å². The third kappa shape index (κ3) is 5.93. The number of aromatic nitrogens is 1. The number of amides is 1. The summed E-state index contributed by atoms with van der Waals surface area (Å²) in [4.78, 5) is 15.6. The molecular weight excluding hydrogens is 295 g/mol. The van der Waals surface area contributed by atoms with Gasteiger partial charge in [-0.1, -0.05) is 12.2 Å². The third-order valence-corrected chi connectivity index (χ3v) is 2.31. The van der Waals surface area contributed by atoms with Crippen molar-refractivity contribution in [2.75, 3.05) is 19.8 Å². The summed E-state index contributed by atoms with van der Waals surface area (Å²) in [5.41, 5.74) is 6.00. The van der Waals surface area contributed by atoms with Crippen LogP contribution in [0.5, 0.6) is 0 Å². The van der Waals surface area contributed by atoms with Crippen LogP contribution in [0.4, 0.5) is 13.2 Å². The minimum absolute atomic E-state index is 0.0480. The molecule has 0 aliphatic rings. The van der Waals surface area contributed by atoms with Crippen molar-refractivity contribution in [1.82, 2.24) is 10.3 Å². The molecule has 0 saturated heterocycles. The topological polar surface area (TPSA) is 77.2 Å². The lowest BCUT2D eigenvalue weighted by molar-refractivity contribution is -0.173. The highest BCUT2D eigenvalue weighted by molar-refractivity contribution is 7.80. The second-order valence-electron chi connectivity index (χ2n) is 3.72. The molecule has 1 aromatic heterocycles. The van der Waals surface area contributed by atoms with Gasteiger partial charge < -0.3 is 15.8 Å². The molecule has 0 aliphatic heterocycles. The SMILES string of the molecule is NC(=S)c1ccc(C(=O)NCCOCC(F)(F)F)nc1. The zero-order chi connectivity index (χ0) is 15.2. The number of carbonyl (C=O) groups excluding carboxylic acids is 1.